The van der Waals surface area contributed by atoms with Crippen molar-refractivity contribution in [1.82, 2.24) is 15.5 Å². The maximum Gasteiger partial charge on any atom is 0.471 e. The van der Waals surface area contributed by atoms with Crippen molar-refractivity contribution < 1.29 is 17.7 Å². The van der Waals surface area contributed by atoms with Gasteiger partial charge in [0.05, 0.1) is 0 Å². The molecule has 4 nitrogen and oxygen atoms in total. The fourth-order valence-corrected chi connectivity index (χ4v) is 1.60. The summed E-state index contributed by atoms with van der Waals surface area (Å²) in [6.45, 7) is 1.56. The Morgan fingerprint density at radius 1 is 1.25 bits per heavy atom. The van der Waals surface area contributed by atoms with E-state index >= 15 is 0 Å². The molecule has 16 heavy (non-hydrogen) atoms. The molecule has 0 aromatic carbocycles. The molecule has 0 unspecified atom stereocenters. The Labute approximate surface area is 96.0 Å². The average molecular weight is 258 g/mol. The van der Waals surface area contributed by atoms with Crippen molar-refractivity contribution in [3.63, 3.8) is 0 Å². The van der Waals surface area contributed by atoms with E-state index < -0.39 is 12.1 Å². The van der Waals surface area contributed by atoms with Gasteiger partial charge in [-0.15, -0.1) is 12.4 Å². The Hall–Kier alpha value is -0.820. The van der Waals surface area contributed by atoms with Crippen molar-refractivity contribution >= 4 is 12.4 Å². The Morgan fingerprint density at radius 2 is 1.88 bits per heavy atom. The van der Waals surface area contributed by atoms with E-state index in [1.807, 2.05) is 0 Å². The summed E-state index contributed by atoms with van der Waals surface area (Å²) in [6, 6.07) is 0. The average Bonchev–Trinajstić information content (AvgIpc) is 2.67. The van der Waals surface area contributed by atoms with E-state index in [2.05, 4.69) is 20.0 Å². The lowest BCUT2D eigenvalue weighted by atomic mass is 9.98. The molecule has 2 heterocycles. The number of alkyl halides is 3. The second kappa shape index (κ2) is 5.01. The van der Waals surface area contributed by atoms with Gasteiger partial charge in [0.15, 0.2) is 5.82 Å². The first-order valence-corrected chi connectivity index (χ1v) is 4.69. The second-order valence-corrected chi connectivity index (χ2v) is 3.48. The fourth-order valence-electron chi connectivity index (χ4n) is 1.60. The number of aromatic nitrogens is 2. The molecule has 1 aromatic rings. The van der Waals surface area contributed by atoms with Gasteiger partial charge in [-0.3, -0.25) is 0 Å². The van der Waals surface area contributed by atoms with Gasteiger partial charge >= 0.3 is 12.1 Å². The molecule has 1 saturated heterocycles. The first-order chi connectivity index (χ1) is 7.07. The molecule has 2 rings (SSSR count). The minimum atomic E-state index is -4.54. The topological polar surface area (TPSA) is 51.0 Å². The second-order valence-electron chi connectivity index (χ2n) is 3.48. The quantitative estimate of drug-likeness (QED) is 0.836. The van der Waals surface area contributed by atoms with Gasteiger partial charge in [-0.2, -0.15) is 18.2 Å². The molecule has 1 aliphatic rings. The lowest BCUT2D eigenvalue weighted by Gasteiger charge is -2.18. The van der Waals surface area contributed by atoms with E-state index in [4.69, 9.17) is 0 Å². The van der Waals surface area contributed by atoms with Crippen LogP contribution in [0.15, 0.2) is 4.52 Å². The molecule has 1 aromatic heterocycles. The molecule has 1 aliphatic heterocycles. The predicted octanol–water partition coefficient (Wildman–Crippen LogP) is 1.98. The van der Waals surface area contributed by atoms with Crippen LogP contribution in [0.4, 0.5) is 13.2 Å². The van der Waals surface area contributed by atoms with Crippen LogP contribution in [0.1, 0.15) is 30.5 Å². The molecule has 92 valence electrons. The van der Waals surface area contributed by atoms with Crippen LogP contribution in [0.2, 0.25) is 0 Å². The van der Waals surface area contributed by atoms with Crippen molar-refractivity contribution in [3.05, 3.63) is 11.7 Å². The zero-order valence-electron chi connectivity index (χ0n) is 8.25. The third-order valence-electron chi connectivity index (χ3n) is 2.39. The smallest absolute Gasteiger partial charge is 0.329 e. The molecule has 1 fully saturated rings. The number of hydrogen-bond acceptors (Lipinski definition) is 4. The van der Waals surface area contributed by atoms with Crippen LogP contribution in [-0.2, 0) is 6.18 Å². The van der Waals surface area contributed by atoms with Crippen LogP contribution in [0.5, 0.6) is 0 Å². The zero-order valence-corrected chi connectivity index (χ0v) is 9.07. The number of nitrogens with zero attached hydrogens (tertiary/aromatic N) is 2. The summed E-state index contributed by atoms with van der Waals surface area (Å²) >= 11 is 0. The summed E-state index contributed by atoms with van der Waals surface area (Å²) in [5, 5.41) is 6.49. The monoisotopic (exact) mass is 257 g/mol. The summed E-state index contributed by atoms with van der Waals surface area (Å²) in [4.78, 5) is 3.37. The van der Waals surface area contributed by atoms with Gasteiger partial charge in [0.25, 0.3) is 0 Å². The summed E-state index contributed by atoms with van der Waals surface area (Å²) in [5.74, 6) is -1.11. The number of nitrogens with one attached hydrogen (secondary N) is 1. The normalized spacial score (nSPS) is 18.2. The van der Waals surface area contributed by atoms with Crippen molar-refractivity contribution in [2.75, 3.05) is 13.1 Å². The predicted molar refractivity (Wildman–Crippen MR) is 51.4 cm³/mol. The molecule has 1 N–H and O–H groups in total. The number of hydrogen-bond donors (Lipinski definition) is 1. The molecular formula is C8H11ClF3N3O. The molecular weight excluding hydrogens is 247 g/mol. The highest BCUT2D eigenvalue weighted by atomic mass is 35.5. The minimum absolute atomic E-state index is 0. The van der Waals surface area contributed by atoms with E-state index in [0.717, 1.165) is 25.9 Å². The van der Waals surface area contributed by atoms with Gasteiger partial charge in [0.1, 0.15) is 0 Å². The fraction of sp³-hybridized carbons (Fsp3) is 0.750. The first kappa shape index (κ1) is 13.2. The Kier molecular flexibility index (Phi) is 4.15. The van der Waals surface area contributed by atoms with Gasteiger partial charge in [-0.1, -0.05) is 5.16 Å². The van der Waals surface area contributed by atoms with Gasteiger partial charge in [0.2, 0.25) is 0 Å². The SMILES string of the molecule is Cl.FC(F)(F)c1nc(C2CCNCC2)no1. The van der Waals surface area contributed by atoms with Crippen molar-refractivity contribution in [2.24, 2.45) is 0 Å². The molecule has 0 aliphatic carbocycles. The van der Waals surface area contributed by atoms with Crippen LogP contribution >= 0.6 is 12.4 Å². The zero-order chi connectivity index (χ0) is 10.9. The summed E-state index contributed by atoms with van der Waals surface area (Å²) in [7, 11) is 0. The van der Waals surface area contributed by atoms with E-state index in [1.54, 1.807) is 0 Å². The first-order valence-electron chi connectivity index (χ1n) is 4.69. The van der Waals surface area contributed by atoms with Crippen molar-refractivity contribution in [1.29, 1.82) is 0 Å². The largest absolute Gasteiger partial charge is 0.471 e. The van der Waals surface area contributed by atoms with Gasteiger partial charge < -0.3 is 9.84 Å². The van der Waals surface area contributed by atoms with E-state index in [0.29, 0.717) is 0 Å². The molecule has 0 bridgehead atoms. The number of halogens is 4. The van der Waals surface area contributed by atoms with Gasteiger partial charge in [-0.05, 0) is 25.9 Å². The van der Waals surface area contributed by atoms with Crippen molar-refractivity contribution in [2.45, 2.75) is 24.9 Å². The van der Waals surface area contributed by atoms with Crippen LogP contribution in [0, 0.1) is 0 Å². The lowest BCUT2D eigenvalue weighted by Crippen LogP contribution is -2.27. The number of piperidine rings is 1. The third kappa shape index (κ3) is 2.85. The maximum absolute atomic E-state index is 12.2. The van der Waals surface area contributed by atoms with E-state index in [1.165, 1.54) is 0 Å². The minimum Gasteiger partial charge on any atom is -0.329 e. The highest BCUT2D eigenvalue weighted by molar-refractivity contribution is 5.85. The van der Waals surface area contributed by atoms with Crippen molar-refractivity contribution in [3.8, 4) is 0 Å². The van der Waals surface area contributed by atoms with Gasteiger partial charge in [-0.25, -0.2) is 0 Å². The Morgan fingerprint density at radius 3 is 2.38 bits per heavy atom. The standard InChI is InChI=1S/C8H10F3N3O.ClH/c9-8(10,11)7-13-6(14-15-7)5-1-3-12-4-2-5;/h5,12H,1-4H2;1H. The van der Waals surface area contributed by atoms with Crippen LogP contribution < -0.4 is 5.32 Å². The van der Waals surface area contributed by atoms with Crippen LogP contribution in [0.3, 0.4) is 0 Å². The van der Waals surface area contributed by atoms with Gasteiger partial charge in [0, 0.05) is 5.92 Å². The van der Waals surface area contributed by atoms with Crippen LogP contribution in [0.25, 0.3) is 0 Å². The van der Waals surface area contributed by atoms with Crippen LogP contribution in [-0.4, -0.2) is 23.2 Å². The molecule has 0 atom stereocenters. The third-order valence-corrected chi connectivity index (χ3v) is 2.39. The van der Waals surface area contributed by atoms with E-state index in [-0.39, 0.29) is 24.1 Å². The number of rotatable bonds is 1. The Balaban J connectivity index is 0.00000128. The van der Waals surface area contributed by atoms with E-state index in [9.17, 15) is 13.2 Å². The Bertz CT molecular complexity index is 336. The molecule has 0 spiro atoms. The molecule has 0 radical (unpaired) electrons. The summed E-state index contributed by atoms with van der Waals surface area (Å²) in [6.07, 6.45) is -3.05. The molecule has 8 heteroatoms. The maximum atomic E-state index is 12.2. The summed E-state index contributed by atoms with van der Waals surface area (Å²) < 4.78 is 40.7. The highest BCUT2D eigenvalue weighted by Crippen LogP contribution is 2.30. The molecule has 0 saturated carbocycles. The highest BCUT2D eigenvalue weighted by Gasteiger charge is 2.39. The molecule has 0 amide bonds. The summed E-state index contributed by atoms with van der Waals surface area (Å²) in [5.41, 5.74) is 0. The lowest BCUT2D eigenvalue weighted by molar-refractivity contribution is -0.159.